The first kappa shape index (κ1) is 16.5. The molecular formula is C14H19Br2FS. The fourth-order valence-corrected chi connectivity index (χ4v) is 4.70. The third kappa shape index (κ3) is 4.53. The van der Waals surface area contributed by atoms with Gasteiger partial charge in [-0.1, -0.05) is 50.9 Å². The van der Waals surface area contributed by atoms with E-state index in [9.17, 15) is 4.39 Å². The van der Waals surface area contributed by atoms with Gasteiger partial charge in [0.1, 0.15) is 5.82 Å². The smallest absolute Gasteiger partial charge is 0.123 e. The van der Waals surface area contributed by atoms with E-state index >= 15 is 0 Å². The standard InChI is InChI=1S/C14H19Br2FS/c1-2-18-9-3-8-14(10-15,11-16)12-4-6-13(17)7-5-12/h4-7H,2-3,8-11H2,1H3. The molecule has 0 aromatic heterocycles. The van der Waals surface area contributed by atoms with Crippen molar-refractivity contribution in [2.24, 2.45) is 0 Å². The Morgan fingerprint density at radius 3 is 2.28 bits per heavy atom. The van der Waals surface area contributed by atoms with Gasteiger partial charge < -0.3 is 0 Å². The number of alkyl halides is 2. The molecule has 0 radical (unpaired) electrons. The molecule has 0 spiro atoms. The second kappa shape index (κ2) is 8.60. The van der Waals surface area contributed by atoms with Crippen molar-refractivity contribution < 1.29 is 4.39 Å². The van der Waals surface area contributed by atoms with Crippen LogP contribution in [0.5, 0.6) is 0 Å². The first-order chi connectivity index (χ1) is 8.68. The van der Waals surface area contributed by atoms with Gasteiger partial charge in [0, 0.05) is 16.1 Å². The zero-order valence-electron chi connectivity index (χ0n) is 10.6. The Balaban J connectivity index is 2.75. The fraction of sp³-hybridized carbons (Fsp3) is 0.571. The van der Waals surface area contributed by atoms with Crippen LogP contribution in [0.3, 0.4) is 0 Å². The van der Waals surface area contributed by atoms with Crippen LogP contribution in [0.2, 0.25) is 0 Å². The Labute approximate surface area is 130 Å². The van der Waals surface area contributed by atoms with Gasteiger partial charge in [0.05, 0.1) is 0 Å². The van der Waals surface area contributed by atoms with Gasteiger partial charge in [-0.05, 0) is 42.0 Å². The quantitative estimate of drug-likeness (QED) is 0.418. The van der Waals surface area contributed by atoms with Gasteiger partial charge in [0.25, 0.3) is 0 Å². The lowest BCUT2D eigenvalue weighted by Crippen LogP contribution is -2.30. The predicted octanol–water partition coefficient (Wildman–Crippen LogP) is 5.39. The van der Waals surface area contributed by atoms with Crippen LogP contribution >= 0.6 is 43.6 Å². The van der Waals surface area contributed by atoms with Crippen molar-refractivity contribution >= 4 is 43.6 Å². The maximum absolute atomic E-state index is 13.0. The van der Waals surface area contributed by atoms with E-state index in [1.807, 2.05) is 23.9 Å². The number of benzene rings is 1. The maximum Gasteiger partial charge on any atom is 0.123 e. The number of thioether (sulfide) groups is 1. The first-order valence-corrected chi connectivity index (χ1v) is 9.54. The Morgan fingerprint density at radius 1 is 1.17 bits per heavy atom. The molecule has 1 aromatic carbocycles. The first-order valence-electron chi connectivity index (χ1n) is 6.14. The van der Waals surface area contributed by atoms with Crippen molar-refractivity contribution in [3.63, 3.8) is 0 Å². The second-order valence-electron chi connectivity index (χ2n) is 4.35. The van der Waals surface area contributed by atoms with Crippen LogP contribution in [0.15, 0.2) is 24.3 Å². The number of halogens is 3. The van der Waals surface area contributed by atoms with E-state index in [4.69, 9.17) is 0 Å². The summed E-state index contributed by atoms with van der Waals surface area (Å²) in [6, 6.07) is 6.92. The molecule has 4 heteroatoms. The van der Waals surface area contributed by atoms with Gasteiger partial charge >= 0.3 is 0 Å². The van der Waals surface area contributed by atoms with Gasteiger partial charge in [-0.2, -0.15) is 11.8 Å². The minimum atomic E-state index is -0.168. The highest BCUT2D eigenvalue weighted by Gasteiger charge is 2.29. The molecule has 0 aliphatic heterocycles. The molecule has 18 heavy (non-hydrogen) atoms. The molecule has 0 atom stereocenters. The van der Waals surface area contributed by atoms with E-state index in [1.165, 1.54) is 23.5 Å². The number of rotatable bonds is 8. The van der Waals surface area contributed by atoms with Gasteiger partial charge in [-0.3, -0.25) is 0 Å². The largest absolute Gasteiger partial charge is 0.207 e. The van der Waals surface area contributed by atoms with Crippen LogP contribution in [-0.4, -0.2) is 22.2 Å². The number of hydrogen-bond donors (Lipinski definition) is 0. The summed E-state index contributed by atoms with van der Waals surface area (Å²) in [7, 11) is 0. The monoisotopic (exact) mass is 396 g/mol. The number of hydrogen-bond acceptors (Lipinski definition) is 1. The third-order valence-electron chi connectivity index (χ3n) is 3.12. The Kier molecular flexibility index (Phi) is 7.89. The van der Waals surface area contributed by atoms with Crippen molar-refractivity contribution in [3.05, 3.63) is 35.6 Å². The normalized spacial score (nSPS) is 11.8. The van der Waals surface area contributed by atoms with E-state index in [0.717, 1.165) is 17.1 Å². The highest BCUT2D eigenvalue weighted by atomic mass is 79.9. The summed E-state index contributed by atoms with van der Waals surface area (Å²) >= 11 is 9.23. The summed E-state index contributed by atoms with van der Waals surface area (Å²) < 4.78 is 13.0. The van der Waals surface area contributed by atoms with Crippen molar-refractivity contribution in [2.75, 3.05) is 22.2 Å². The zero-order valence-corrected chi connectivity index (χ0v) is 14.6. The predicted molar refractivity (Wildman–Crippen MR) is 87.9 cm³/mol. The van der Waals surface area contributed by atoms with E-state index in [1.54, 1.807) is 12.1 Å². The molecule has 0 unspecified atom stereocenters. The summed E-state index contributed by atoms with van der Waals surface area (Å²) in [6.07, 6.45) is 2.30. The summed E-state index contributed by atoms with van der Waals surface area (Å²) in [5.74, 6) is 2.20. The highest BCUT2D eigenvalue weighted by molar-refractivity contribution is 9.09. The minimum absolute atomic E-state index is 0.0714. The molecule has 0 saturated heterocycles. The van der Waals surface area contributed by atoms with E-state index in [2.05, 4.69) is 38.8 Å². The molecule has 0 aliphatic carbocycles. The van der Waals surface area contributed by atoms with Crippen LogP contribution in [0.25, 0.3) is 0 Å². The van der Waals surface area contributed by atoms with Gasteiger partial charge in [-0.15, -0.1) is 0 Å². The molecule has 0 fully saturated rings. The highest BCUT2D eigenvalue weighted by Crippen LogP contribution is 2.34. The summed E-state index contributed by atoms with van der Waals surface area (Å²) in [4.78, 5) is 0. The van der Waals surface area contributed by atoms with Gasteiger partial charge in [0.2, 0.25) is 0 Å². The van der Waals surface area contributed by atoms with Crippen molar-refractivity contribution in [1.82, 2.24) is 0 Å². The lowest BCUT2D eigenvalue weighted by atomic mass is 9.80. The Morgan fingerprint density at radius 2 is 1.78 bits per heavy atom. The van der Waals surface area contributed by atoms with Crippen LogP contribution < -0.4 is 0 Å². The molecule has 0 heterocycles. The minimum Gasteiger partial charge on any atom is -0.207 e. The molecular weight excluding hydrogens is 379 g/mol. The Bertz CT molecular complexity index is 336. The van der Waals surface area contributed by atoms with Crippen LogP contribution in [-0.2, 0) is 5.41 Å². The summed E-state index contributed by atoms with van der Waals surface area (Å²) in [6.45, 7) is 2.19. The zero-order chi connectivity index (χ0) is 13.4. The second-order valence-corrected chi connectivity index (χ2v) is 6.87. The molecule has 0 N–H and O–H groups in total. The summed E-state index contributed by atoms with van der Waals surface area (Å²) in [5.41, 5.74) is 1.28. The average molecular weight is 398 g/mol. The van der Waals surface area contributed by atoms with Gasteiger partial charge in [0.15, 0.2) is 0 Å². The average Bonchev–Trinajstić information content (AvgIpc) is 2.41. The van der Waals surface area contributed by atoms with E-state index in [0.29, 0.717) is 0 Å². The van der Waals surface area contributed by atoms with Crippen molar-refractivity contribution in [3.8, 4) is 0 Å². The van der Waals surface area contributed by atoms with E-state index < -0.39 is 0 Å². The topological polar surface area (TPSA) is 0 Å². The summed E-state index contributed by atoms with van der Waals surface area (Å²) in [5, 5.41) is 1.79. The molecule has 0 bridgehead atoms. The SMILES string of the molecule is CCSCCCC(CBr)(CBr)c1ccc(F)cc1. The lowest BCUT2D eigenvalue weighted by Gasteiger charge is -2.30. The van der Waals surface area contributed by atoms with Crippen molar-refractivity contribution in [2.45, 2.75) is 25.2 Å². The van der Waals surface area contributed by atoms with E-state index in [-0.39, 0.29) is 11.2 Å². The van der Waals surface area contributed by atoms with Crippen LogP contribution in [0.1, 0.15) is 25.3 Å². The molecule has 0 amide bonds. The molecule has 1 rings (SSSR count). The Hall–Kier alpha value is 0.460. The fourth-order valence-electron chi connectivity index (χ4n) is 1.93. The molecule has 0 aliphatic rings. The van der Waals surface area contributed by atoms with Crippen molar-refractivity contribution in [1.29, 1.82) is 0 Å². The molecule has 0 nitrogen and oxygen atoms in total. The third-order valence-corrected chi connectivity index (χ3v) is 6.25. The van der Waals surface area contributed by atoms with Crippen LogP contribution in [0, 0.1) is 5.82 Å². The molecule has 1 aromatic rings. The maximum atomic E-state index is 13.0. The molecule has 0 saturated carbocycles. The lowest BCUT2D eigenvalue weighted by molar-refractivity contribution is 0.498. The molecule has 102 valence electrons. The van der Waals surface area contributed by atoms with Crippen LogP contribution in [0.4, 0.5) is 4.39 Å². The van der Waals surface area contributed by atoms with Gasteiger partial charge in [-0.25, -0.2) is 4.39 Å².